The number of anilines is 1. The van der Waals surface area contributed by atoms with Crippen LogP contribution in [0.25, 0.3) is 0 Å². The van der Waals surface area contributed by atoms with Crippen LogP contribution in [0.4, 0.5) is 5.69 Å². The fourth-order valence-electron chi connectivity index (χ4n) is 4.70. The summed E-state index contributed by atoms with van der Waals surface area (Å²) < 4.78 is 10.8. The SMILES string of the molecule is CCCC1COCC(=O)[C@H]1NC(=O)C(CC(C)C)NC(=O)c1ccc(NCCN2CCOCC2)cc1. The Morgan fingerprint density at radius 3 is 2.50 bits per heavy atom. The van der Waals surface area contributed by atoms with Gasteiger partial charge in [-0.2, -0.15) is 0 Å². The van der Waals surface area contributed by atoms with Crippen LogP contribution in [0, 0.1) is 11.8 Å². The predicted octanol–water partition coefficient (Wildman–Crippen LogP) is 2.08. The molecule has 0 spiro atoms. The molecule has 2 heterocycles. The second kappa shape index (κ2) is 14.3. The van der Waals surface area contributed by atoms with Crippen molar-refractivity contribution in [2.45, 2.75) is 52.1 Å². The fourth-order valence-corrected chi connectivity index (χ4v) is 4.70. The van der Waals surface area contributed by atoms with Crippen LogP contribution in [0.3, 0.4) is 0 Å². The highest BCUT2D eigenvalue weighted by Gasteiger charge is 2.35. The molecule has 9 nitrogen and oxygen atoms in total. The highest BCUT2D eigenvalue weighted by Crippen LogP contribution is 2.19. The summed E-state index contributed by atoms with van der Waals surface area (Å²) >= 11 is 0. The normalized spacial score (nSPS) is 21.7. The zero-order valence-electron chi connectivity index (χ0n) is 21.9. The Balaban J connectivity index is 1.55. The number of carbonyl (C=O) groups is 3. The van der Waals surface area contributed by atoms with Gasteiger partial charge in [-0.15, -0.1) is 0 Å². The van der Waals surface area contributed by atoms with Gasteiger partial charge in [0.1, 0.15) is 12.6 Å². The summed E-state index contributed by atoms with van der Waals surface area (Å²) in [4.78, 5) is 41.0. The molecular weight excluding hydrogens is 460 g/mol. The molecule has 1 aromatic rings. The molecule has 2 aliphatic rings. The molecule has 2 unspecified atom stereocenters. The summed E-state index contributed by atoms with van der Waals surface area (Å²) in [5.41, 5.74) is 1.43. The van der Waals surface area contributed by atoms with Crippen molar-refractivity contribution in [1.29, 1.82) is 0 Å². The molecule has 3 rings (SSSR count). The molecule has 2 saturated heterocycles. The lowest BCUT2D eigenvalue weighted by molar-refractivity contribution is -0.138. The average Bonchev–Trinajstić information content (AvgIpc) is 2.86. The Labute approximate surface area is 214 Å². The Kier molecular flexibility index (Phi) is 11.2. The van der Waals surface area contributed by atoms with Crippen LogP contribution in [0.15, 0.2) is 24.3 Å². The molecule has 3 N–H and O–H groups in total. The van der Waals surface area contributed by atoms with E-state index < -0.39 is 12.1 Å². The summed E-state index contributed by atoms with van der Waals surface area (Å²) in [5, 5.41) is 9.20. The van der Waals surface area contributed by atoms with Gasteiger partial charge in [0, 0.05) is 43.3 Å². The molecular formula is C27H42N4O5. The lowest BCUT2D eigenvalue weighted by Gasteiger charge is -2.32. The minimum absolute atomic E-state index is 0.0131. The first-order valence-corrected chi connectivity index (χ1v) is 13.2. The zero-order chi connectivity index (χ0) is 25.9. The van der Waals surface area contributed by atoms with E-state index in [2.05, 4.69) is 20.9 Å². The summed E-state index contributed by atoms with van der Waals surface area (Å²) in [5.74, 6) is -0.590. The Hall–Kier alpha value is -2.49. The monoisotopic (exact) mass is 502 g/mol. The lowest BCUT2D eigenvalue weighted by atomic mass is 9.90. The second-order valence-corrected chi connectivity index (χ2v) is 10.1. The minimum atomic E-state index is -0.721. The largest absolute Gasteiger partial charge is 0.384 e. The number of carbonyl (C=O) groups excluding carboxylic acids is 3. The number of morpholine rings is 1. The van der Waals surface area contributed by atoms with Crippen LogP contribution in [-0.4, -0.2) is 87.2 Å². The third-order valence-electron chi connectivity index (χ3n) is 6.69. The topological polar surface area (TPSA) is 109 Å². The smallest absolute Gasteiger partial charge is 0.251 e. The van der Waals surface area contributed by atoms with E-state index >= 15 is 0 Å². The van der Waals surface area contributed by atoms with Crippen molar-refractivity contribution >= 4 is 23.3 Å². The van der Waals surface area contributed by atoms with Crippen LogP contribution >= 0.6 is 0 Å². The number of nitrogens with zero attached hydrogens (tertiary/aromatic N) is 1. The average molecular weight is 503 g/mol. The number of ether oxygens (including phenoxy) is 2. The van der Waals surface area contributed by atoms with Gasteiger partial charge < -0.3 is 25.4 Å². The maximum atomic E-state index is 13.2. The van der Waals surface area contributed by atoms with E-state index in [1.165, 1.54) is 0 Å². The van der Waals surface area contributed by atoms with Gasteiger partial charge in [-0.05, 0) is 43.0 Å². The third-order valence-corrected chi connectivity index (χ3v) is 6.69. The summed E-state index contributed by atoms with van der Waals surface area (Å²) in [7, 11) is 0. The van der Waals surface area contributed by atoms with Crippen molar-refractivity contribution in [3.63, 3.8) is 0 Å². The van der Waals surface area contributed by atoms with Crippen LogP contribution in [-0.2, 0) is 19.1 Å². The van der Waals surface area contributed by atoms with Gasteiger partial charge in [0.25, 0.3) is 5.91 Å². The van der Waals surface area contributed by atoms with E-state index in [9.17, 15) is 14.4 Å². The molecule has 2 fully saturated rings. The number of hydrogen-bond acceptors (Lipinski definition) is 7. The van der Waals surface area contributed by atoms with E-state index in [0.717, 1.165) is 57.9 Å². The number of nitrogens with one attached hydrogen (secondary N) is 3. The van der Waals surface area contributed by atoms with Gasteiger partial charge in [-0.1, -0.05) is 27.2 Å². The molecule has 0 radical (unpaired) electrons. The first-order valence-electron chi connectivity index (χ1n) is 13.2. The highest BCUT2D eigenvalue weighted by atomic mass is 16.5. The van der Waals surface area contributed by atoms with Crippen molar-refractivity contribution in [3.05, 3.63) is 29.8 Å². The number of hydrogen-bond donors (Lipinski definition) is 3. The van der Waals surface area contributed by atoms with Crippen molar-refractivity contribution in [3.8, 4) is 0 Å². The first kappa shape index (κ1) is 28.1. The quantitative estimate of drug-likeness (QED) is 0.402. The molecule has 3 atom stereocenters. The molecule has 200 valence electrons. The van der Waals surface area contributed by atoms with Crippen molar-refractivity contribution in [1.82, 2.24) is 15.5 Å². The maximum Gasteiger partial charge on any atom is 0.251 e. The minimum Gasteiger partial charge on any atom is -0.384 e. The van der Waals surface area contributed by atoms with Crippen LogP contribution in [0.1, 0.15) is 50.4 Å². The highest BCUT2D eigenvalue weighted by molar-refractivity contribution is 5.99. The van der Waals surface area contributed by atoms with Crippen molar-refractivity contribution in [2.75, 3.05) is 57.9 Å². The Morgan fingerprint density at radius 2 is 1.83 bits per heavy atom. The molecule has 1 aromatic carbocycles. The second-order valence-electron chi connectivity index (χ2n) is 10.1. The molecule has 2 aliphatic heterocycles. The number of Topliss-reactive ketones (excluding diaryl/α,β-unsaturated/α-hetero) is 1. The molecule has 2 amide bonds. The number of amides is 2. The fraction of sp³-hybridized carbons (Fsp3) is 0.667. The molecule has 0 saturated carbocycles. The van der Waals surface area contributed by atoms with Crippen LogP contribution in [0.2, 0.25) is 0 Å². The summed E-state index contributed by atoms with van der Waals surface area (Å²) in [6.45, 7) is 11.7. The van der Waals surface area contributed by atoms with Crippen LogP contribution in [0.5, 0.6) is 0 Å². The summed E-state index contributed by atoms with van der Waals surface area (Å²) in [6, 6.07) is 5.98. The van der Waals surface area contributed by atoms with E-state index in [0.29, 0.717) is 18.6 Å². The molecule has 0 aromatic heterocycles. The van der Waals surface area contributed by atoms with Crippen molar-refractivity contribution in [2.24, 2.45) is 11.8 Å². The number of ketones is 1. The zero-order valence-corrected chi connectivity index (χ0v) is 21.9. The number of rotatable bonds is 12. The summed E-state index contributed by atoms with van der Waals surface area (Å²) in [6.07, 6.45) is 2.18. The van der Waals surface area contributed by atoms with Crippen molar-refractivity contribution < 1.29 is 23.9 Å². The van der Waals surface area contributed by atoms with E-state index in [1.807, 2.05) is 32.9 Å². The van der Waals surface area contributed by atoms with Gasteiger partial charge in [0.2, 0.25) is 5.91 Å². The number of benzene rings is 1. The van der Waals surface area contributed by atoms with Gasteiger partial charge >= 0.3 is 0 Å². The predicted molar refractivity (Wildman–Crippen MR) is 139 cm³/mol. The lowest BCUT2D eigenvalue weighted by Crippen LogP contribution is -2.57. The standard InChI is InChI=1S/C27H42N4O5/c1-4-5-21-17-36-18-24(32)25(21)30-27(34)23(16-19(2)3)29-26(33)20-6-8-22(9-7-20)28-10-11-31-12-14-35-15-13-31/h6-9,19,21,23,25,28H,4-5,10-18H2,1-3H3,(H,29,33)(H,30,34)/t21?,23?,25-/m0/s1. The van der Waals surface area contributed by atoms with Gasteiger partial charge in [-0.3, -0.25) is 19.3 Å². The molecule has 0 bridgehead atoms. The maximum absolute atomic E-state index is 13.2. The molecule has 0 aliphatic carbocycles. The Morgan fingerprint density at radius 1 is 1.11 bits per heavy atom. The third kappa shape index (κ3) is 8.57. The molecule has 9 heteroatoms. The van der Waals surface area contributed by atoms with Crippen LogP contribution < -0.4 is 16.0 Å². The van der Waals surface area contributed by atoms with Gasteiger partial charge in [0.05, 0.1) is 25.9 Å². The molecule has 36 heavy (non-hydrogen) atoms. The van der Waals surface area contributed by atoms with E-state index in [-0.39, 0.29) is 36.0 Å². The Bertz CT molecular complexity index is 852. The van der Waals surface area contributed by atoms with Gasteiger partial charge in [0.15, 0.2) is 5.78 Å². The van der Waals surface area contributed by atoms with E-state index in [4.69, 9.17) is 9.47 Å². The van der Waals surface area contributed by atoms with Gasteiger partial charge in [-0.25, -0.2) is 0 Å². The van der Waals surface area contributed by atoms with E-state index in [1.54, 1.807) is 12.1 Å². The first-order chi connectivity index (χ1) is 17.4.